The Bertz CT molecular complexity index is 1820. The molecule has 1 fully saturated rings. The van der Waals surface area contributed by atoms with Crippen molar-refractivity contribution < 1.29 is 43.0 Å². The number of nitriles is 1. The monoisotopic (exact) mass is 938 g/mol. The first-order valence-corrected chi connectivity index (χ1v) is 24.5. The molecule has 0 aromatic heterocycles. The lowest BCUT2D eigenvalue weighted by atomic mass is 9.94. The first-order valence-electron chi connectivity index (χ1n) is 24.5. The third kappa shape index (κ3) is 18.4. The molecule has 0 unspecified atom stereocenters. The topological polar surface area (TPSA) is 208 Å². The predicted octanol–water partition coefficient (Wildman–Crippen LogP) is 5.95. The van der Waals surface area contributed by atoms with E-state index in [-0.39, 0.29) is 68.6 Å². The lowest BCUT2D eigenvalue weighted by Crippen LogP contribution is -2.60. The molecule has 1 saturated heterocycles. The van der Waals surface area contributed by atoms with Crippen LogP contribution in [-0.4, -0.2) is 127 Å². The van der Waals surface area contributed by atoms with E-state index in [1.54, 1.807) is 31.4 Å². The van der Waals surface area contributed by atoms with Gasteiger partial charge in [0.25, 0.3) is 5.91 Å². The zero-order valence-electron chi connectivity index (χ0n) is 42.8. The maximum Gasteiger partial charge on any atom is 0.329 e. The predicted molar refractivity (Wildman–Crippen MR) is 258 cm³/mol. The maximum absolute atomic E-state index is 14.9. The van der Waals surface area contributed by atoms with Gasteiger partial charge in [-0.2, -0.15) is 5.26 Å². The number of esters is 1. The van der Waals surface area contributed by atoms with E-state index in [0.29, 0.717) is 11.3 Å². The Hall–Kier alpha value is -5.20. The molecule has 1 aliphatic heterocycles. The highest BCUT2D eigenvalue weighted by Gasteiger charge is 2.40. The molecule has 1 aromatic rings. The molecule has 1 heterocycles. The van der Waals surface area contributed by atoms with Gasteiger partial charge in [0, 0.05) is 40.4 Å². The van der Waals surface area contributed by atoms with E-state index in [4.69, 9.17) is 9.47 Å². The van der Waals surface area contributed by atoms with Gasteiger partial charge in [-0.15, -0.1) is 0 Å². The minimum Gasteiger partial charge on any atom is -0.497 e. The third-order valence-corrected chi connectivity index (χ3v) is 12.8. The summed E-state index contributed by atoms with van der Waals surface area (Å²) in [5, 5.41) is 18.3. The molecular weight excluding hydrogens is 855 g/mol. The minimum absolute atomic E-state index is 0.0271. The van der Waals surface area contributed by atoms with Crippen molar-refractivity contribution in [1.82, 2.24) is 30.7 Å². The van der Waals surface area contributed by atoms with Crippen LogP contribution in [0.15, 0.2) is 24.3 Å². The van der Waals surface area contributed by atoms with Gasteiger partial charge in [0.2, 0.25) is 29.5 Å². The molecule has 3 N–H and O–H groups in total. The van der Waals surface area contributed by atoms with E-state index in [1.807, 2.05) is 47.6 Å². The average Bonchev–Trinajstić information content (AvgIpc) is 3.29. The number of nitrogens with one attached hydrogen (secondary N) is 3. The summed E-state index contributed by atoms with van der Waals surface area (Å²) in [5.74, 6) is -4.20. The molecular formula is C51H83N7O9. The molecule has 6 amide bonds. The van der Waals surface area contributed by atoms with Crippen LogP contribution >= 0.6 is 0 Å². The number of carbonyl (C=O) groups excluding carboxylic acids is 7. The lowest BCUT2D eigenvalue weighted by molar-refractivity contribution is -0.163. The smallest absolute Gasteiger partial charge is 0.329 e. The van der Waals surface area contributed by atoms with Crippen LogP contribution in [0.2, 0.25) is 0 Å². The number of benzene rings is 1. The number of hydrogen-bond donors (Lipinski definition) is 3. The van der Waals surface area contributed by atoms with Gasteiger partial charge in [0.15, 0.2) is 6.10 Å². The van der Waals surface area contributed by atoms with E-state index in [2.05, 4.69) is 29.8 Å². The number of rotatable bonds is 19. The van der Waals surface area contributed by atoms with E-state index in [0.717, 1.165) is 38.5 Å². The first kappa shape index (κ1) is 57.9. The van der Waals surface area contributed by atoms with E-state index in [1.165, 1.54) is 42.8 Å². The minimum atomic E-state index is -1.49. The number of nitrogens with zero attached hydrogens (tertiary/aromatic N) is 4. The summed E-state index contributed by atoms with van der Waals surface area (Å²) in [5.41, 5.74) is 0.702. The number of unbranched alkanes of at least 4 members (excludes halogenated alkanes) is 2. The van der Waals surface area contributed by atoms with E-state index in [9.17, 15) is 38.8 Å². The fourth-order valence-corrected chi connectivity index (χ4v) is 8.43. The van der Waals surface area contributed by atoms with Gasteiger partial charge in [0.1, 0.15) is 42.0 Å². The van der Waals surface area contributed by atoms with Gasteiger partial charge in [-0.3, -0.25) is 28.8 Å². The normalized spacial score (nSPS) is 24.4. The summed E-state index contributed by atoms with van der Waals surface area (Å²) < 4.78 is 11.2. The summed E-state index contributed by atoms with van der Waals surface area (Å²) in [4.78, 5) is 106. The van der Waals surface area contributed by atoms with Crippen LogP contribution in [0, 0.1) is 35.0 Å². The van der Waals surface area contributed by atoms with E-state index < -0.39 is 83.8 Å². The number of hydrogen-bond acceptors (Lipinski definition) is 10. The van der Waals surface area contributed by atoms with Crippen molar-refractivity contribution >= 4 is 41.4 Å². The third-order valence-electron chi connectivity index (χ3n) is 12.8. The van der Waals surface area contributed by atoms with Crippen LogP contribution in [-0.2, 0) is 44.7 Å². The molecule has 67 heavy (non-hydrogen) atoms. The quantitative estimate of drug-likeness (QED) is 0.139. The van der Waals surface area contributed by atoms with Gasteiger partial charge in [-0.1, -0.05) is 106 Å². The second-order valence-electron chi connectivity index (χ2n) is 19.6. The zero-order chi connectivity index (χ0) is 50.5. The standard InChI is InChI=1S/C51H83N7O9/c1-14-16-19-34(7)29-40-48(62)56(10)36(9)51(65)67-44(21-18-26-52)47(61)55-41(30-35(8)20-17-15-2)50(64)57(11)42(28-33(5)6)45(59)53-39(27-32(3)4)49(63)58(12)43(46(60)54-40)31-37-22-24-38(66-13)25-23-37/h22-25,32-36,39-44H,14-21,27-31H2,1-13H3,(H,53,59)(H,54,60)(H,55,61)/t34-,35-,36+,39+,40+,41+,42-,43+,44-/m1/s1. The average molecular weight is 938 g/mol. The number of amides is 6. The second kappa shape index (κ2) is 28.9. The Morgan fingerprint density at radius 3 is 1.57 bits per heavy atom. The first-order chi connectivity index (χ1) is 31.6. The molecule has 16 nitrogen and oxygen atoms in total. The number of cyclic esters (lactones) is 1. The van der Waals surface area contributed by atoms with Crippen molar-refractivity contribution in [3.63, 3.8) is 0 Å². The number of ether oxygens (including phenoxy) is 2. The summed E-state index contributed by atoms with van der Waals surface area (Å²) in [7, 11) is 5.97. The summed E-state index contributed by atoms with van der Waals surface area (Å²) in [6.45, 7) is 17.2. The molecule has 0 spiro atoms. The van der Waals surface area contributed by atoms with Crippen LogP contribution in [0.1, 0.15) is 145 Å². The number of likely N-dealkylation sites (N-methyl/N-ethyl adjacent to an activating group) is 3. The van der Waals surface area contributed by atoms with Crippen LogP contribution in [0.4, 0.5) is 0 Å². The number of methoxy groups -OCH3 is 1. The van der Waals surface area contributed by atoms with Crippen molar-refractivity contribution in [3.05, 3.63) is 29.8 Å². The Labute approximate surface area is 401 Å². The van der Waals surface area contributed by atoms with Crippen molar-refractivity contribution in [3.8, 4) is 11.8 Å². The van der Waals surface area contributed by atoms with Crippen LogP contribution in [0.3, 0.4) is 0 Å². The Morgan fingerprint density at radius 1 is 0.657 bits per heavy atom. The molecule has 0 bridgehead atoms. The maximum atomic E-state index is 14.9. The van der Waals surface area contributed by atoms with Gasteiger partial charge in [-0.05, 0) is 74.0 Å². The Balaban J connectivity index is 2.93. The Kier molecular flexibility index (Phi) is 24.9. The highest BCUT2D eigenvalue weighted by molar-refractivity contribution is 5.97. The summed E-state index contributed by atoms with van der Waals surface area (Å²) in [6.07, 6.45) is 4.24. The lowest BCUT2D eigenvalue weighted by Gasteiger charge is -2.35. The zero-order valence-corrected chi connectivity index (χ0v) is 42.8. The molecule has 1 aliphatic rings. The highest BCUT2D eigenvalue weighted by atomic mass is 16.5. The largest absolute Gasteiger partial charge is 0.497 e. The highest BCUT2D eigenvalue weighted by Crippen LogP contribution is 2.23. The molecule has 376 valence electrons. The van der Waals surface area contributed by atoms with Crippen molar-refractivity contribution in [1.29, 1.82) is 5.26 Å². The summed E-state index contributed by atoms with van der Waals surface area (Å²) in [6, 6.07) is 2.22. The van der Waals surface area contributed by atoms with Crippen molar-refractivity contribution in [2.75, 3.05) is 28.3 Å². The number of carbonyl (C=O) groups is 7. The fourth-order valence-electron chi connectivity index (χ4n) is 8.43. The molecule has 9 atom stereocenters. The van der Waals surface area contributed by atoms with Gasteiger partial charge in [-0.25, -0.2) is 4.79 Å². The summed E-state index contributed by atoms with van der Waals surface area (Å²) >= 11 is 0. The van der Waals surface area contributed by atoms with Crippen molar-refractivity contribution in [2.45, 2.75) is 188 Å². The molecule has 16 heteroatoms. The molecule has 2 rings (SSSR count). The van der Waals surface area contributed by atoms with Crippen LogP contribution in [0.5, 0.6) is 5.75 Å². The molecule has 0 saturated carbocycles. The molecule has 0 aliphatic carbocycles. The van der Waals surface area contributed by atoms with E-state index >= 15 is 0 Å². The van der Waals surface area contributed by atoms with Crippen molar-refractivity contribution in [2.24, 2.45) is 23.7 Å². The van der Waals surface area contributed by atoms with Crippen LogP contribution in [0.25, 0.3) is 0 Å². The Morgan fingerprint density at radius 2 is 1.10 bits per heavy atom. The van der Waals surface area contributed by atoms with Gasteiger partial charge in [0.05, 0.1) is 13.2 Å². The van der Waals surface area contributed by atoms with Crippen LogP contribution < -0.4 is 20.7 Å². The second-order valence-corrected chi connectivity index (χ2v) is 19.6. The fraction of sp³-hybridized carbons (Fsp3) is 0.725. The van der Waals surface area contributed by atoms with Gasteiger partial charge >= 0.3 is 5.97 Å². The van der Waals surface area contributed by atoms with Gasteiger partial charge < -0.3 is 40.1 Å². The molecule has 0 radical (unpaired) electrons. The SMILES string of the molecule is CCCC[C@@H](C)C[C@@H]1NC(=O)[C@@H](CCC#N)OC(=O)[C@H](C)N(C)C(=O)[C@H](C[C@H](C)CCCC)NC(=O)[C@H](Cc2ccc(OC)cc2)N(C)C(=O)[C@H](CC(C)C)NC(=O)[C@@H](CC(C)C)N(C)C1=O. The molecule has 1 aromatic carbocycles.